The van der Waals surface area contributed by atoms with Crippen LogP contribution >= 0.6 is 0 Å². The zero-order chi connectivity index (χ0) is 44.4. The maximum Gasteiger partial charge on any atom is 0.330 e. The van der Waals surface area contributed by atoms with Crippen molar-refractivity contribution in [1.82, 2.24) is 0 Å². The van der Waals surface area contributed by atoms with E-state index < -0.39 is 116 Å². The van der Waals surface area contributed by atoms with Crippen LogP contribution in [0.15, 0.2) is 84.9 Å². The van der Waals surface area contributed by atoms with Gasteiger partial charge in [0.2, 0.25) is 12.6 Å². The lowest BCUT2D eigenvalue weighted by Crippen LogP contribution is -2.60. The Hall–Kier alpha value is -6.36. The highest BCUT2D eigenvalue weighted by molar-refractivity contribution is 5.88. The zero-order valence-electron chi connectivity index (χ0n) is 32.1. The van der Waals surface area contributed by atoms with Crippen molar-refractivity contribution in [2.75, 3.05) is 13.2 Å². The van der Waals surface area contributed by atoms with Gasteiger partial charge in [-0.15, -0.1) is 0 Å². The van der Waals surface area contributed by atoms with Crippen molar-refractivity contribution in [2.45, 2.75) is 73.4 Å². The predicted molar refractivity (Wildman–Crippen MR) is 206 cm³/mol. The first kappa shape index (κ1) is 43.7. The smallest absolute Gasteiger partial charge is 0.330 e. The highest BCUT2D eigenvalue weighted by atomic mass is 16.7. The zero-order valence-corrected chi connectivity index (χ0v) is 32.1. The highest BCUT2D eigenvalue weighted by Gasteiger charge is 2.48. The lowest BCUT2D eigenvalue weighted by atomic mass is 9.89. The summed E-state index contributed by atoms with van der Waals surface area (Å²) >= 11 is 0. The van der Waals surface area contributed by atoms with Gasteiger partial charge in [0.1, 0.15) is 97.1 Å². The molecule has 11 N–H and O–H groups in total. The Balaban J connectivity index is 1.06. The summed E-state index contributed by atoms with van der Waals surface area (Å²) in [6.07, 6.45) is -15.4. The maximum atomic E-state index is 14.0. The molecular formula is C42H42O20. The number of carbonyl (C=O) groups is 2. The number of hydrogen-bond donors (Lipinski definition) is 11. The van der Waals surface area contributed by atoms with Crippen LogP contribution in [0.25, 0.3) is 6.08 Å². The number of rotatable bonds is 12. The van der Waals surface area contributed by atoms with Gasteiger partial charge in [-0.1, -0.05) is 6.07 Å². The van der Waals surface area contributed by atoms with E-state index in [1.165, 1.54) is 72.8 Å². The van der Waals surface area contributed by atoms with Crippen molar-refractivity contribution in [3.05, 3.63) is 102 Å². The number of aliphatic hydroxyl groups excluding tert-OH is 6. The molecule has 0 aromatic heterocycles. The fraction of sp³-hybridized carbons (Fsp3) is 0.333. The molecule has 7 rings (SSSR count). The largest absolute Gasteiger partial charge is 0.508 e. The molecular weight excluding hydrogens is 824 g/mol. The maximum absolute atomic E-state index is 14.0. The summed E-state index contributed by atoms with van der Waals surface area (Å²) in [5.41, 5.74) is 0.343. The number of phenolic OH excluding ortho intramolecular Hbond substituents is 5. The van der Waals surface area contributed by atoms with Crippen LogP contribution in [0.1, 0.15) is 28.7 Å². The van der Waals surface area contributed by atoms with E-state index in [1.807, 2.05) is 0 Å². The Morgan fingerprint density at radius 2 is 1.11 bits per heavy atom. The molecule has 62 heavy (non-hydrogen) atoms. The summed E-state index contributed by atoms with van der Waals surface area (Å²) in [6, 6.07) is 16.9. The van der Waals surface area contributed by atoms with E-state index in [1.54, 1.807) is 0 Å². The normalized spacial score (nSPS) is 29.3. The minimum atomic E-state index is -1.81. The van der Waals surface area contributed by atoms with Crippen molar-refractivity contribution in [3.63, 3.8) is 0 Å². The molecule has 3 aliphatic rings. The quantitative estimate of drug-likeness (QED) is 0.0518. The van der Waals surface area contributed by atoms with E-state index in [9.17, 15) is 65.8 Å². The van der Waals surface area contributed by atoms with E-state index in [4.69, 9.17) is 33.2 Å². The number of fused-ring (bicyclic) bond motifs is 1. The van der Waals surface area contributed by atoms with Crippen molar-refractivity contribution >= 4 is 18.0 Å². The fourth-order valence-corrected chi connectivity index (χ4v) is 6.95. The van der Waals surface area contributed by atoms with Gasteiger partial charge in [-0.2, -0.15) is 0 Å². The number of esters is 2. The lowest BCUT2D eigenvalue weighted by Gasteiger charge is -2.40. The molecule has 330 valence electrons. The van der Waals surface area contributed by atoms with Gasteiger partial charge in [-0.05, 0) is 90.0 Å². The van der Waals surface area contributed by atoms with Crippen molar-refractivity contribution in [2.24, 2.45) is 0 Å². The Kier molecular flexibility index (Phi) is 12.9. The molecule has 0 amide bonds. The molecule has 20 heteroatoms. The van der Waals surface area contributed by atoms with E-state index in [0.717, 1.165) is 18.2 Å². The van der Waals surface area contributed by atoms with Crippen LogP contribution in [0, 0.1) is 0 Å². The van der Waals surface area contributed by atoms with Gasteiger partial charge in [-0.25, -0.2) is 4.79 Å². The molecule has 4 aromatic rings. The Bertz CT molecular complexity index is 2250. The summed E-state index contributed by atoms with van der Waals surface area (Å²) < 4.78 is 39.2. The number of aromatic hydroxyl groups is 5. The minimum Gasteiger partial charge on any atom is -0.508 e. The van der Waals surface area contributed by atoms with Gasteiger partial charge in [-0.3, -0.25) is 4.79 Å². The number of hydrogen-bond acceptors (Lipinski definition) is 20. The second-order valence-corrected chi connectivity index (χ2v) is 14.6. The molecule has 0 aliphatic carbocycles. The van der Waals surface area contributed by atoms with Gasteiger partial charge in [0, 0.05) is 11.6 Å². The summed E-state index contributed by atoms with van der Waals surface area (Å²) in [5.74, 6) is -4.92. The van der Waals surface area contributed by atoms with Gasteiger partial charge < -0.3 is 89.3 Å². The van der Waals surface area contributed by atoms with E-state index in [2.05, 4.69) is 0 Å². The Morgan fingerprint density at radius 1 is 0.581 bits per heavy atom. The van der Waals surface area contributed by atoms with Crippen LogP contribution in [0.3, 0.4) is 0 Å². The third-order valence-electron chi connectivity index (χ3n) is 10.3. The molecule has 0 radical (unpaired) electrons. The van der Waals surface area contributed by atoms with E-state index in [-0.39, 0.29) is 45.4 Å². The predicted octanol–water partition coefficient (Wildman–Crippen LogP) is 0.305. The molecule has 4 aromatic carbocycles. The summed E-state index contributed by atoms with van der Waals surface area (Å²) in [6.45, 7) is -1.31. The van der Waals surface area contributed by atoms with Crippen molar-refractivity contribution in [3.8, 4) is 46.0 Å². The summed E-state index contributed by atoms with van der Waals surface area (Å²) in [7, 11) is 0. The monoisotopic (exact) mass is 866 g/mol. The van der Waals surface area contributed by atoms with Crippen LogP contribution in [-0.4, -0.2) is 143 Å². The van der Waals surface area contributed by atoms with Gasteiger partial charge in [0.15, 0.2) is 23.0 Å². The molecule has 3 aliphatic heterocycles. The molecule has 0 spiro atoms. The first-order chi connectivity index (χ1) is 29.6. The second kappa shape index (κ2) is 18.3. The van der Waals surface area contributed by atoms with Gasteiger partial charge in [0.25, 0.3) is 0 Å². The van der Waals surface area contributed by atoms with Crippen LogP contribution in [0.2, 0.25) is 0 Å². The second-order valence-electron chi connectivity index (χ2n) is 14.6. The molecule has 20 nitrogen and oxygen atoms in total. The van der Waals surface area contributed by atoms with Crippen LogP contribution < -0.4 is 14.2 Å². The number of ether oxygens (including phenoxy) is 7. The van der Waals surface area contributed by atoms with Gasteiger partial charge >= 0.3 is 11.9 Å². The SMILES string of the molecule is O=C(/C=C/c1cc(O)c2c(c1)[C@@H](C(=O)OC[C@H]1O[C@@H](Oc3ccc(O)cc3)[C@H](O)[C@@H](O)[C@@H]1O)[C@H](c1ccc(O)c(O)c1)O2)OC[C@H]1O[C@@H](Oc2ccc(O)cc2)[C@H](O)[C@@H](O)[C@@H]1O. The lowest BCUT2D eigenvalue weighted by molar-refractivity contribution is -0.278. The summed E-state index contributed by atoms with van der Waals surface area (Å²) in [5, 5.41) is 114. The third-order valence-corrected chi connectivity index (χ3v) is 10.3. The first-order valence-corrected chi connectivity index (χ1v) is 19.0. The van der Waals surface area contributed by atoms with Crippen molar-refractivity contribution in [1.29, 1.82) is 0 Å². The highest BCUT2D eigenvalue weighted by Crippen LogP contribution is 2.52. The number of benzene rings is 4. The Morgan fingerprint density at radius 3 is 1.65 bits per heavy atom. The molecule has 0 unspecified atom stereocenters. The van der Waals surface area contributed by atoms with Crippen LogP contribution in [0.4, 0.5) is 0 Å². The van der Waals surface area contributed by atoms with E-state index >= 15 is 0 Å². The molecule has 2 saturated heterocycles. The minimum absolute atomic E-state index is 0.0423. The first-order valence-electron chi connectivity index (χ1n) is 19.0. The fourth-order valence-electron chi connectivity index (χ4n) is 6.95. The van der Waals surface area contributed by atoms with Crippen molar-refractivity contribution < 1.29 is 98.9 Å². The number of phenols is 5. The van der Waals surface area contributed by atoms with Gasteiger partial charge in [0.05, 0.1) is 0 Å². The topological polar surface area (TPSA) is 321 Å². The molecule has 3 heterocycles. The molecule has 12 atom stereocenters. The Labute approximate surface area is 350 Å². The molecule has 2 fully saturated rings. The standard InChI is InChI=1S/C42H42O20/c43-20-3-7-22(8-4-20)58-41-36(53)34(51)32(49)28(60-41)16-56-30(48)12-1-18-13-24-31(38(62-39(24)27(47)14-18)19-2-11-25(45)26(46)15-19)40(55)57-17-29-33(50)35(52)37(54)42(61-29)59-23-9-5-21(44)6-10-23/h1-15,28-29,31-38,41-47,49-54H,16-17H2/b12-1+/t28-,29-,31-,32-,33-,34+,35+,36-,37-,38+,41-,42-/m1/s1. The number of aliphatic hydroxyl groups is 6. The average molecular weight is 867 g/mol. The van der Waals surface area contributed by atoms with Crippen LogP contribution in [0.5, 0.6) is 46.0 Å². The molecule has 0 bridgehead atoms. The average Bonchev–Trinajstić information content (AvgIpc) is 3.65. The third kappa shape index (κ3) is 9.42. The summed E-state index contributed by atoms with van der Waals surface area (Å²) in [4.78, 5) is 26.8. The van der Waals surface area contributed by atoms with E-state index in [0.29, 0.717) is 0 Å². The molecule has 0 saturated carbocycles. The number of carbonyl (C=O) groups excluding carboxylic acids is 2. The van der Waals surface area contributed by atoms with Crippen LogP contribution in [-0.2, 0) is 28.5 Å².